The fourth-order valence-corrected chi connectivity index (χ4v) is 2.53. The Balaban J connectivity index is 1.80. The molecule has 2 heterocycles. The number of H-pyrrole nitrogens is 1. The van der Waals surface area contributed by atoms with E-state index in [1.165, 1.54) is 11.9 Å². The number of nitrogens with one attached hydrogen (secondary N) is 1. The molecule has 0 fully saturated rings. The van der Waals surface area contributed by atoms with Gasteiger partial charge >= 0.3 is 0 Å². The summed E-state index contributed by atoms with van der Waals surface area (Å²) in [6, 6.07) is 7.85. The number of nitrogens with two attached hydrogens (primary N) is 1. The molecule has 5 nitrogen and oxygen atoms in total. The Morgan fingerprint density at radius 1 is 1.11 bits per heavy atom. The highest BCUT2D eigenvalue weighted by atomic mass is 32.2. The number of nitrogens with zero attached hydrogens (tertiary/aromatic N) is 3. The predicted octanol–water partition coefficient (Wildman–Crippen LogP) is 2.23. The van der Waals surface area contributed by atoms with Crippen LogP contribution in [-0.4, -0.2) is 19.9 Å². The first-order valence-corrected chi connectivity index (χ1v) is 6.43. The van der Waals surface area contributed by atoms with Crippen LogP contribution in [0.2, 0.25) is 0 Å². The minimum atomic E-state index is 0.699. The minimum Gasteiger partial charge on any atom is -0.399 e. The Labute approximate surface area is 108 Å². The maximum atomic E-state index is 5.65. The van der Waals surface area contributed by atoms with Gasteiger partial charge in [-0.25, -0.2) is 15.0 Å². The van der Waals surface area contributed by atoms with Crippen molar-refractivity contribution in [1.29, 1.82) is 0 Å². The van der Waals surface area contributed by atoms with Gasteiger partial charge in [0.25, 0.3) is 0 Å². The van der Waals surface area contributed by atoms with Gasteiger partial charge in [0.15, 0.2) is 5.65 Å². The van der Waals surface area contributed by atoms with Crippen molar-refractivity contribution in [2.24, 2.45) is 0 Å². The van der Waals surface area contributed by atoms with Gasteiger partial charge in [-0.3, -0.25) is 0 Å². The number of anilines is 1. The summed E-state index contributed by atoms with van der Waals surface area (Å²) in [5.41, 5.74) is 9.23. The third kappa shape index (κ3) is 2.14. The number of thioether (sulfide) groups is 1. The molecule has 6 heteroatoms. The number of benzene rings is 1. The van der Waals surface area contributed by atoms with Crippen molar-refractivity contribution in [3.8, 4) is 0 Å². The molecule has 0 aliphatic heterocycles. The lowest BCUT2D eigenvalue weighted by Gasteiger charge is -2.02. The smallest absolute Gasteiger partial charge is 0.181 e. The number of rotatable bonds is 3. The lowest BCUT2D eigenvalue weighted by atomic mass is 10.2. The first-order chi connectivity index (χ1) is 8.83. The number of nitrogen functional groups attached to an aromatic ring is 1. The Bertz CT molecular complexity index is 662. The molecule has 0 spiro atoms. The second-order valence-electron chi connectivity index (χ2n) is 3.81. The van der Waals surface area contributed by atoms with Crippen LogP contribution in [0.4, 0.5) is 5.69 Å². The molecule has 2 aromatic heterocycles. The summed E-state index contributed by atoms with van der Waals surface area (Å²) >= 11 is 1.65. The van der Waals surface area contributed by atoms with Gasteiger partial charge in [0.2, 0.25) is 0 Å². The summed E-state index contributed by atoms with van der Waals surface area (Å²) in [5, 5.41) is 0.911. The molecule has 90 valence electrons. The van der Waals surface area contributed by atoms with E-state index in [1.54, 1.807) is 18.1 Å². The molecule has 1 aromatic carbocycles. The van der Waals surface area contributed by atoms with Crippen molar-refractivity contribution in [2.45, 2.75) is 10.8 Å². The zero-order valence-corrected chi connectivity index (χ0v) is 10.3. The molecule has 3 aromatic rings. The molecular weight excluding hydrogens is 246 g/mol. The third-order valence-corrected chi connectivity index (χ3v) is 3.60. The molecule has 18 heavy (non-hydrogen) atoms. The second kappa shape index (κ2) is 4.66. The Morgan fingerprint density at radius 2 is 1.94 bits per heavy atom. The standard InChI is InChI=1S/C12H11N5S/c13-9-3-1-8(2-4-9)5-18-12-10-11(15-6-14-10)16-7-17-12/h1-4,6-7H,5,13H2,(H,14,15,16,17). The van der Waals surface area contributed by atoms with Crippen molar-refractivity contribution >= 4 is 28.6 Å². The summed E-state index contributed by atoms with van der Waals surface area (Å²) < 4.78 is 0. The summed E-state index contributed by atoms with van der Waals surface area (Å²) in [7, 11) is 0. The summed E-state index contributed by atoms with van der Waals surface area (Å²) in [6.07, 6.45) is 3.17. The fourth-order valence-electron chi connectivity index (χ4n) is 1.62. The van der Waals surface area contributed by atoms with Gasteiger partial charge in [0, 0.05) is 11.4 Å². The van der Waals surface area contributed by atoms with Crippen molar-refractivity contribution < 1.29 is 0 Å². The first-order valence-electron chi connectivity index (χ1n) is 5.44. The van der Waals surface area contributed by atoms with Crippen molar-refractivity contribution in [1.82, 2.24) is 19.9 Å². The van der Waals surface area contributed by atoms with Gasteiger partial charge in [-0.15, -0.1) is 0 Å². The van der Waals surface area contributed by atoms with Crippen LogP contribution >= 0.6 is 11.8 Å². The Kier molecular flexibility index (Phi) is 2.85. The monoisotopic (exact) mass is 257 g/mol. The normalized spacial score (nSPS) is 10.9. The largest absolute Gasteiger partial charge is 0.399 e. The molecule has 0 atom stereocenters. The van der Waals surface area contributed by atoms with Crippen LogP contribution in [-0.2, 0) is 5.75 Å². The van der Waals surface area contributed by atoms with Crippen LogP contribution in [0.5, 0.6) is 0 Å². The van der Waals surface area contributed by atoms with Crippen LogP contribution in [0.3, 0.4) is 0 Å². The molecule has 3 rings (SSSR count). The topological polar surface area (TPSA) is 80.5 Å². The first kappa shape index (κ1) is 11.0. The maximum absolute atomic E-state index is 5.65. The summed E-state index contributed by atoms with van der Waals surface area (Å²) in [4.78, 5) is 15.5. The summed E-state index contributed by atoms with van der Waals surface area (Å²) in [5.74, 6) is 0.839. The highest BCUT2D eigenvalue weighted by Crippen LogP contribution is 2.25. The van der Waals surface area contributed by atoms with E-state index in [9.17, 15) is 0 Å². The van der Waals surface area contributed by atoms with E-state index in [-0.39, 0.29) is 0 Å². The van der Waals surface area contributed by atoms with Gasteiger partial charge in [0.05, 0.1) is 6.33 Å². The molecule has 0 radical (unpaired) electrons. The molecule has 0 bridgehead atoms. The van der Waals surface area contributed by atoms with E-state index in [1.807, 2.05) is 24.3 Å². The molecule has 0 saturated carbocycles. The van der Waals surface area contributed by atoms with Gasteiger partial charge in [-0.2, -0.15) is 0 Å². The molecule has 0 aliphatic carbocycles. The Morgan fingerprint density at radius 3 is 2.78 bits per heavy atom. The zero-order valence-electron chi connectivity index (χ0n) is 9.50. The van der Waals surface area contributed by atoms with Gasteiger partial charge < -0.3 is 10.7 Å². The fraction of sp³-hybridized carbons (Fsp3) is 0.0833. The molecule has 0 amide bonds. The third-order valence-electron chi connectivity index (χ3n) is 2.54. The zero-order chi connectivity index (χ0) is 12.4. The van der Waals surface area contributed by atoms with Crippen molar-refractivity contribution in [3.05, 3.63) is 42.5 Å². The number of fused-ring (bicyclic) bond motifs is 1. The second-order valence-corrected chi connectivity index (χ2v) is 4.77. The van der Waals surface area contributed by atoms with E-state index < -0.39 is 0 Å². The van der Waals surface area contributed by atoms with E-state index in [0.717, 1.165) is 22.0 Å². The maximum Gasteiger partial charge on any atom is 0.181 e. The van der Waals surface area contributed by atoms with E-state index in [4.69, 9.17) is 5.73 Å². The summed E-state index contributed by atoms with van der Waals surface area (Å²) in [6.45, 7) is 0. The molecule has 0 unspecified atom stereocenters. The van der Waals surface area contributed by atoms with Crippen LogP contribution in [0.25, 0.3) is 11.2 Å². The minimum absolute atomic E-state index is 0.699. The molecular formula is C12H11N5S. The van der Waals surface area contributed by atoms with Crippen molar-refractivity contribution in [2.75, 3.05) is 5.73 Å². The number of imidazole rings is 1. The highest BCUT2D eigenvalue weighted by molar-refractivity contribution is 7.98. The molecule has 0 aliphatic rings. The van der Waals surface area contributed by atoms with Crippen LogP contribution in [0.1, 0.15) is 5.56 Å². The predicted molar refractivity (Wildman–Crippen MR) is 72.1 cm³/mol. The number of aromatic amines is 1. The average Bonchev–Trinajstić information content (AvgIpc) is 2.87. The number of hydrogen-bond donors (Lipinski definition) is 2. The van der Waals surface area contributed by atoms with Gasteiger partial charge in [-0.1, -0.05) is 23.9 Å². The SMILES string of the molecule is Nc1ccc(CSc2ncnc3nc[nH]c23)cc1. The van der Waals surface area contributed by atoms with Gasteiger partial charge in [-0.05, 0) is 17.7 Å². The Hall–Kier alpha value is -2.08. The number of hydrogen-bond acceptors (Lipinski definition) is 5. The van der Waals surface area contributed by atoms with Crippen molar-refractivity contribution in [3.63, 3.8) is 0 Å². The van der Waals surface area contributed by atoms with E-state index in [2.05, 4.69) is 19.9 Å². The molecule has 0 saturated heterocycles. The van der Waals surface area contributed by atoms with Crippen LogP contribution < -0.4 is 5.73 Å². The van der Waals surface area contributed by atoms with Crippen LogP contribution in [0.15, 0.2) is 41.9 Å². The quantitative estimate of drug-likeness (QED) is 0.427. The lowest BCUT2D eigenvalue weighted by Crippen LogP contribution is -1.88. The van der Waals surface area contributed by atoms with Crippen LogP contribution in [0, 0.1) is 0 Å². The van der Waals surface area contributed by atoms with Gasteiger partial charge in [0.1, 0.15) is 16.9 Å². The lowest BCUT2D eigenvalue weighted by molar-refractivity contribution is 1.08. The molecule has 3 N–H and O–H groups in total. The average molecular weight is 257 g/mol. The number of aromatic nitrogens is 4. The van der Waals surface area contributed by atoms with E-state index in [0.29, 0.717) is 5.65 Å². The highest BCUT2D eigenvalue weighted by Gasteiger charge is 2.06. The van der Waals surface area contributed by atoms with E-state index >= 15 is 0 Å².